The quantitative estimate of drug-likeness (QED) is 0.389. The van der Waals surface area contributed by atoms with Crippen molar-refractivity contribution in [1.29, 1.82) is 0 Å². The van der Waals surface area contributed by atoms with Crippen LogP contribution in [0.25, 0.3) is 11.5 Å². The van der Waals surface area contributed by atoms with Crippen LogP contribution in [-0.4, -0.2) is 34.0 Å². The summed E-state index contributed by atoms with van der Waals surface area (Å²) in [7, 11) is 0. The minimum atomic E-state index is -1.50. The second-order valence-electron chi connectivity index (χ2n) is 2.41. The first-order valence-corrected chi connectivity index (χ1v) is 3.56. The Kier molecular flexibility index (Phi) is 39.9. The molecule has 0 spiro atoms. The molecular weight excluding hydrogens is 398 g/mol. The van der Waals surface area contributed by atoms with Crippen molar-refractivity contribution >= 4 is 0 Å². The maximum atomic E-state index is 8.58. The van der Waals surface area contributed by atoms with Crippen LogP contribution in [0.15, 0.2) is 35.7 Å². The molecule has 0 saturated heterocycles. The minimum absolute atomic E-state index is 0. The van der Waals surface area contributed by atoms with Crippen LogP contribution in [0.4, 0.5) is 0 Å². The number of rotatable bonds is 2. The molecule has 0 fully saturated rings. The van der Waals surface area contributed by atoms with Gasteiger partial charge in [0.05, 0.1) is 0 Å². The second kappa shape index (κ2) is 19.8. The Labute approximate surface area is 144 Å². The number of hydrogen-bond acceptors (Lipinski definition) is 3. The summed E-state index contributed by atoms with van der Waals surface area (Å²) < 4.78 is 0. The van der Waals surface area contributed by atoms with Crippen molar-refractivity contribution in [3.63, 3.8) is 0 Å². The molecule has 1 aliphatic rings. The third-order valence-corrected chi connectivity index (χ3v) is 1.45. The zero-order valence-corrected chi connectivity index (χ0v) is 19.1. The van der Waals surface area contributed by atoms with Gasteiger partial charge >= 0.3 is 19.5 Å². The number of allylic oxidation sites excluding steroid dienone is 2. The SMILES string of the molecule is NC(=CC(O)O)C1=CC=C[N-]C1.O.O.[NH2-].[Zn+2].[Zn].[Zn]. The van der Waals surface area contributed by atoms with Gasteiger partial charge in [-0.25, -0.2) is 0 Å². The van der Waals surface area contributed by atoms with Crippen molar-refractivity contribution in [2.75, 3.05) is 6.54 Å². The molecule has 94 valence electrons. The van der Waals surface area contributed by atoms with Crippen molar-refractivity contribution in [2.45, 2.75) is 6.29 Å². The van der Waals surface area contributed by atoms with Gasteiger partial charge in [-0.05, 0) is 11.6 Å². The summed E-state index contributed by atoms with van der Waals surface area (Å²) in [5.41, 5.74) is 6.68. The molecule has 10 heteroatoms. The van der Waals surface area contributed by atoms with E-state index in [1.807, 2.05) is 0 Å². The van der Waals surface area contributed by atoms with E-state index >= 15 is 0 Å². The maximum Gasteiger partial charge on any atom is 2.00 e. The van der Waals surface area contributed by atoms with Gasteiger partial charge in [-0.1, -0.05) is 12.2 Å². The summed E-state index contributed by atoms with van der Waals surface area (Å²) in [5, 5.41) is 21.1. The van der Waals surface area contributed by atoms with Crippen molar-refractivity contribution < 1.29 is 79.6 Å². The Hall–Kier alpha value is 0.490. The van der Waals surface area contributed by atoms with Crippen LogP contribution in [0.1, 0.15) is 0 Å². The van der Waals surface area contributed by atoms with E-state index in [1.165, 1.54) is 6.08 Å². The van der Waals surface area contributed by atoms with Crippen LogP contribution in [0, 0.1) is 0 Å². The molecule has 0 amide bonds. The largest absolute Gasteiger partial charge is 2.00 e. The van der Waals surface area contributed by atoms with Gasteiger partial charge in [0.15, 0.2) is 6.29 Å². The number of aliphatic hydroxyl groups excluding tert-OH is 1. The molecule has 0 bridgehead atoms. The van der Waals surface area contributed by atoms with Gasteiger partial charge in [-0.3, -0.25) is 0 Å². The molecule has 10 N–H and O–H groups in total. The molecule has 0 aromatic carbocycles. The van der Waals surface area contributed by atoms with Crippen molar-refractivity contribution in [3.8, 4) is 0 Å². The molecule has 0 atom stereocenters. The second-order valence-corrected chi connectivity index (χ2v) is 2.41. The topological polar surface area (TPSA) is 177 Å². The van der Waals surface area contributed by atoms with Gasteiger partial charge in [0.2, 0.25) is 0 Å². The Morgan fingerprint density at radius 3 is 2.17 bits per heavy atom. The fourth-order valence-electron chi connectivity index (χ4n) is 0.879. The fraction of sp³-hybridized carbons (Fsp3) is 0.250. The summed E-state index contributed by atoms with van der Waals surface area (Å²) in [5.74, 6) is 0. The molecular formula is C8H17N3O4Zn3. The van der Waals surface area contributed by atoms with Gasteiger partial charge in [0.1, 0.15) is 0 Å². The van der Waals surface area contributed by atoms with Gasteiger partial charge < -0.3 is 38.4 Å². The number of hydrogen-bond donors (Lipinski definition) is 3. The third kappa shape index (κ3) is 14.6. The first-order valence-electron chi connectivity index (χ1n) is 3.56. The van der Waals surface area contributed by atoms with E-state index in [9.17, 15) is 0 Å². The van der Waals surface area contributed by atoms with Crippen LogP contribution in [0.2, 0.25) is 0 Å². The molecule has 0 aliphatic carbocycles. The van der Waals surface area contributed by atoms with E-state index in [0.717, 1.165) is 5.57 Å². The van der Waals surface area contributed by atoms with E-state index < -0.39 is 6.29 Å². The Bertz CT molecular complexity index is 260. The first kappa shape index (κ1) is 36.3. The molecule has 0 aromatic heterocycles. The number of aliphatic hydroxyl groups is 2. The van der Waals surface area contributed by atoms with Gasteiger partial charge in [-0.2, -0.15) is 6.20 Å². The maximum absolute atomic E-state index is 8.58. The monoisotopic (exact) mass is 411 g/mol. The van der Waals surface area contributed by atoms with E-state index in [-0.39, 0.29) is 75.5 Å². The average Bonchev–Trinajstić information content (AvgIpc) is 2.05. The first-order chi connectivity index (χ1) is 5.70. The number of nitrogens with two attached hydrogens (primary N) is 2. The van der Waals surface area contributed by atoms with Crippen LogP contribution in [-0.2, 0) is 58.4 Å². The molecule has 0 unspecified atom stereocenters. The van der Waals surface area contributed by atoms with Crippen LogP contribution >= 0.6 is 0 Å². The van der Waals surface area contributed by atoms with Crippen LogP contribution in [0.5, 0.6) is 0 Å². The van der Waals surface area contributed by atoms with E-state index in [1.54, 1.807) is 18.4 Å². The average molecular weight is 415 g/mol. The normalized spacial score (nSPS) is 11.7. The van der Waals surface area contributed by atoms with Crippen molar-refractivity contribution in [2.24, 2.45) is 5.73 Å². The fourth-order valence-corrected chi connectivity index (χ4v) is 0.879. The van der Waals surface area contributed by atoms with E-state index in [4.69, 9.17) is 15.9 Å². The van der Waals surface area contributed by atoms with E-state index in [0.29, 0.717) is 12.2 Å². The molecule has 18 heavy (non-hydrogen) atoms. The summed E-state index contributed by atoms with van der Waals surface area (Å²) in [6, 6.07) is 0. The number of nitrogens with zero attached hydrogens (tertiary/aromatic N) is 1. The van der Waals surface area contributed by atoms with Crippen LogP contribution in [0.3, 0.4) is 0 Å². The zero-order chi connectivity index (χ0) is 8.97. The van der Waals surface area contributed by atoms with Crippen molar-refractivity contribution in [1.82, 2.24) is 0 Å². The molecule has 1 rings (SSSR count). The molecule has 0 aromatic rings. The predicted molar refractivity (Wildman–Crippen MR) is 58.5 cm³/mol. The smallest absolute Gasteiger partial charge is 0.693 e. The standard InChI is InChI=1S/C8H11N2O2.H2N.2H2O.3Zn/c9-7(4-8(11)12)6-2-1-3-10-5-6;;;;;;/h1-4,8,11-12H,5,9H2;3*1H2;;;/q2*-1;;;;;+2. The Morgan fingerprint density at radius 2 is 1.83 bits per heavy atom. The molecule has 7 nitrogen and oxygen atoms in total. The van der Waals surface area contributed by atoms with E-state index in [2.05, 4.69) is 5.32 Å². The third-order valence-electron chi connectivity index (χ3n) is 1.45. The molecule has 1 heterocycles. The molecule has 0 radical (unpaired) electrons. The summed E-state index contributed by atoms with van der Waals surface area (Å²) in [4.78, 5) is 0. The Balaban J connectivity index is -0.0000000600. The predicted octanol–water partition coefficient (Wildman–Crippen LogP) is -0.973. The van der Waals surface area contributed by atoms with Gasteiger partial charge in [0, 0.05) is 44.7 Å². The van der Waals surface area contributed by atoms with Crippen molar-refractivity contribution in [3.05, 3.63) is 47.2 Å². The summed E-state index contributed by atoms with van der Waals surface area (Å²) in [6.45, 7) is 0.492. The molecule has 1 aliphatic heterocycles. The summed E-state index contributed by atoms with van der Waals surface area (Å²) in [6.07, 6.45) is 4.88. The Morgan fingerprint density at radius 1 is 1.33 bits per heavy atom. The molecule has 0 saturated carbocycles. The van der Waals surface area contributed by atoms with Gasteiger partial charge in [0.25, 0.3) is 0 Å². The van der Waals surface area contributed by atoms with Crippen LogP contribution < -0.4 is 5.73 Å². The summed E-state index contributed by atoms with van der Waals surface area (Å²) >= 11 is 0. The minimum Gasteiger partial charge on any atom is -0.693 e. The zero-order valence-electron chi connectivity index (χ0n) is 10.2. The van der Waals surface area contributed by atoms with Gasteiger partial charge in [-0.15, -0.1) is 6.54 Å².